The predicted octanol–water partition coefficient (Wildman–Crippen LogP) is 26.9. The number of phosphoric ester groups is 2. The van der Waals surface area contributed by atoms with Gasteiger partial charge in [-0.2, -0.15) is 0 Å². The molecule has 0 aliphatic heterocycles. The van der Waals surface area contributed by atoms with Crippen LogP contribution >= 0.6 is 15.6 Å². The van der Waals surface area contributed by atoms with Gasteiger partial charge < -0.3 is 34.2 Å². The van der Waals surface area contributed by atoms with Crippen molar-refractivity contribution >= 4 is 33.6 Å². The van der Waals surface area contributed by atoms with Gasteiger partial charge in [0.05, 0.1) is 26.4 Å². The molecule has 18 heteroatoms. The molecule has 0 rings (SSSR count). The fourth-order valence-electron chi connectivity index (χ4n) is 11.5. The number of aliphatic hydroxyl groups is 2. The van der Waals surface area contributed by atoms with Crippen LogP contribution < -0.4 is 0 Å². The first-order chi connectivity index (χ1) is 55.2. The number of hydrogen-bond donors (Lipinski definition) is 4. The molecular weight excluding hydrogens is 1460 g/mol. The Hall–Kier alpha value is -5.35. The topological polar surface area (TPSA) is 231 Å². The summed E-state index contributed by atoms with van der Waals surface area (Å²) in [4.78, 5) is 58.8. The fraction of sp³-hybridized carbons (Fsp3) is 0.653. The van der Waals surface area contributed by atoms with Gasteiger partial charge in [-0.25, -0.2) is 9.13 Å². The lowest BCUT2D eigenvalue weighted by Crippen LogP contribution is -2.30. The third kappa shape index (κ3) is 87.3. The highest BCUT2D eigenvalue weighted by Gasteiger charge is 2.29. The average Bonchev–Trinajstić information content (AvgIpc) is 0.897. The van der Waals surface area contributed by atoms with Crippen molar-refractivity contribution in [2.45, 2.75) is 360 Å². The molecule has 16 nitrogen and oxygen atoms in total. The summed E-state index contributed by atoms with van der Waals surface area (Å²) >= 11 is 0. The first kappa shape index (κ1) is 108. The molecule has 0 amide bonds. The minimum absolute atomic E-state index is 0.0195. The maximum atomic E-state index is 13.0. The maximum Gasteiger partial charge on any atom is 0.472 e. The van der Waals surface area contributed by atoms with E-state index in [0.29, 0.717) is 25.7 Å². The average molecular weight is 1620 g/mol. The number of esters is 3. The van der Waals surface area contributed by atoms with Crippen LogP contribution in [0.1, 0.15) is 342 Å². The largest absolute Gasteiger partial charge is 0.472 e. The molecule has 0 aromatic heterocycles. The Bertz CT molecular complexity index is 2780. The van der Waals surface area contributed by atoms with E-state index >= 15 is 0 Å². The zero-order valence-corrected chi connectivity index (χ0v) is 72.5. The van der Waals surface area contributed by atoms with Crippen LogP contribution in [-0.4, -0.2) is 95.9 Å². The lowest BCUT2D eigenvalue weighted by atomic mass is 10.0. The van der Waals surface area contributed by atoms with Crippen molar-refractivity contribution in [3.63, 3.8) is 0 Å². The van der Waals surface area contributed by atoms with E-state index < -0.39 is 91.5 Å². The van der Waals surface area contributed by atoms with E-state index in [2.05, 4.69) is 191 Å². The number of hydrogen-bond acceptors (Lipinski definition) is 14. The summed E-state index contributed by atoms with van der Waals surface area (Å²) < 4.78 is 61.3. The molecule has 0 aromatic rings. The van der Waals surface area contributed by atoms with Crippen molar-refractivity contribution in [1.82, 2.24) is 0 Å². The van der Waals surface area contributed by atoms with Crippen molar-refractivity contribution < 1.29 is 75.8 Å². The Morgan fingerprint density at radius 2 is 0.478 bits per heavy atom. The third-order valence-electron chi connectivity index (χ3n) is 18.1. The lowest BCUT2D eigenvalue weighted by molar-refractivity contribution is -0.161. The van der Waals surface area contributed by atoms with E-state index in [-0.39, 0.29) is 19.3 Å². The van der Waals surface area contributed by atoms with Crippen molar-refractivity contribution in [3.8, 4) is 0 Å². The molecule has 0 spiro atoms. The summed E-state index contributed by atoms with van der Waals surface area (Å²) in [6, 6.07) is 0. The molecule has 0 bridgehead atoms. The molecule has 5 unspecified atom stereocenters. The predicted molar refractivity (Wildman–Crippen MR) is 472 cm³/mol. The third-order valence-corrected chi connectivity index (χ3v) is 20.0. The normalized spacial score (nSPS) is 14.7. The lowest BCUT2D eigenvalue weighted by Gasteiger charge is -2.21. The van der Waals surface area contributed by atoms with Crippen LogP contribution in [0.4, 0.5) is 0 Å². The SMILES string of the molecule is CC/C=C\C/C=C\C/C=C\C/C=C\C/C=C\C/C=C\CCCCCCCCCCCCC(=O)OCC(COP(=O)(O)OCC(O)COP(=O)(O)OCC(O)COC(=O)CCCCCCCCCCCCCCCCC/C=C\C/C=C\C/C=C\C/C=C\CCCCC)OC(=O)CCC/C=C\C/C=C\C/C=C\C/C=C\C/C=C\CC. The van der Waals surface area contributed by atoms with Gasteiger partial charge in [-0.05, 0) is 154 Å². The van der Waals surface area contributed by atoms with Gasteiger partial charge in [0.2, 0.25) is 0 Å². The summed E-state index contributed by atoms with van der Waals surface area (Å²) in [5.74, 6) is -1.65. The molecule has 0 saturated carbocycles. The number of phosphoric acid groups is 2. The van der Waals surface area contributed by atoms with Crippen molar-refractivity contribution in [2.24, 2.45) is 0 Å². The van der Waals surface area contributed by atoms with Crippen molar-refractivity contribution in [2.75, 3.05) is 39.6 Å². The minimum Gasteiger partial charge on any atom is -0.463 e. The van der Waals surface area contributed by atoms with Crippen molar-refractivity contribution in [3.05, 3.63) is 182 Å². The zero-order chi connectivity index (χ0) is 82.2. The Morgan fingerprint density at radius 3 is 0.770 bits per heavy atom. The smallest absolute Gasteiger partial charge is 0.463 e. The van der Waals surface area contributed by atoms with Gasteiger partial charge in [-0.1, -0.05) is 351 Å². The van der Waals surface area contributed by atoms with Crippen molar-refractivity contribution in [1.29, 1.82) is 0 Å². The van der Waals surface area contributed by atoms with Gasteiger partial charge >= 0.3 is 33.6 Å². The van der Waals surface area contributed by atoms with Crippen LogP contribution in [0.2, 0.25) is 0 Å². The van der Waals surface area contributed by atoms with E-state index in [1.807, 2.05) is 12.2 Å². The minimum atomic E-state index is -4.96. The summed E-state index contributed by atoms with van der Waals surface area (Å²) in [7, 11) is -9.83. The molecule has 0 aliphatic carbocycles. The van der Waals surface area contributed by atoms with Crippen LogP contribution in [0.25, 0.3) is 0 Å². The molecule has 0 heterocycles. The second kappa shape index (κ2) is 86.0. The summed E-state index contributed by atoms with van der Waals surface area (Å²) in [5.41, 5.74) is 0. The monoisotopic (exact) mass is 1620 g/mol. The molecule has 113 heavy (non-hydrogen) atoms. The molecule has 0 radical (unpaired) electrons. The molecule has 4 N–H and O–H groups in total. The molecule has 0 aliphatic rings. The molecule has 0 fully saturated rings. The van der Waals surface area contributed by atoms with Gasteiger partial charge in [0.15, 0.2) is 6.10 Å². The number of carbonyl (C=O) groups is 3. The summed E-state index contributed by atoms with van der Waals surface area (Å²) in [6.07, 6.45) is 112. The van der Waals surface area contributed by atoms with E-state index in [4.69, 9.17) is 32.3 Å². The first-order valence-corrected chi connectivity index (χ1v) is 47.1. The van der Waals surface area contributed by atoms with E-state index in [1.165, 1.54) is 135 Å². The highest BCUT2D eigenvalue weighted by molar-refractivity contribution is 7.47. The zero-order valence-electron chi connectivity index (χ0n) is 70.7. The number of unbranched alkanes of at least 4 members (excludes halogenated alkanes) is 29. The summed E-state index contributed by atoms with van der Waals surface area (Å²) in [6.45, 7) is 2.37. The molecule has 0 saturated heterocycles. The number of carbonyl (C=O) groups excluding carboxylic acids is 3. The maximum absolute atomic E-state index is 13.0. The Labute approximate surface area is 687 Å². The number of aliphatic hydroxyl groups excluding tert-OH is 2. The Kier molecular flexibility index (Phi) is 81.9. The second-order valence-electron chi connectivity index (χ2n) is 28.9. The standard InChI is InChI=1S/C95H158O16P2/c1-4-7-10-13-16-19-22-25-28-31-33-35-37-39-41-43-44-46-48-49-51-53-55-58-60-63-66-69-72-75-78-81-93(98)105-84-90(96)85-107-112(101,102)108-86-91(97)87-109-113(103,104)110-89-92(111-95(100)83-80-77-74-71-68-65-62-57-30-27-24-21-18-15-12-9-6-3)88-106-94(99)82-79-76-73-70-67-64-61-59-56-54-52-50-47-45-42-40-38-36-34-32-29-26-23-20-17-14-11-8-5-2/h8-9,11-12,16-21,25-30,33-36,39-42,47,50,62,65,71,74,90-92,96-97H,4-7,10,13-15,22-24,31-32,37-38,43-46,48-49,51-61,63-64,66-70,72-73,75-89H2,1-3H3,(H,101,102)(H,103,104)/b11-8-,12-9-,19-16-,20-17-,21-18-,28-25-,29-26-,30-27-,35-33-,36-34-,41-39-,42-40-,50-47-,65-62-,74-71-. The molecule has 644 valence electrons. The summed E-state index contributed by atoms with van der Waals surface area (Å²) in [5, 5.41) is 20.7. The first-order valence-electron chi connectivity index (χ1n) is 44.1. The van der Waals surface area contributed by atoms with Gasteiger partial charge in [0.1, 0.15) is 25.4 Å². The highest BCUT2D eigenvalue weighted by atomic mass is 31.2. The van der Waals surface area contributed by atoms with E-state index in [0.717, 1.165) is 141 Å². The Balaban J connectivity index is 4.58. The quantitative estimate of drug-likeness (QED) is 0.0146. The number of rotatable bonds is 82. The highest BCUT2D eigenvalue weighted by Crippen LogP contribution is 2.45. The number of allylic oxidation sites excluding steroid dienone is 30. The van der Waals surface area contributed by atoms with Crippen LogP contribution in [0.15, 0.2) is 182 Å². The molecule has 5 atom stereocenters. The molecule has 0 aromatic carbocycles. The second-order valence-corrected chi connectivity index (χ2v) is 31.8. The van der Waals surface area contributed by atoms with Gasteiger partial charge in [0, 0.05) is 19.3 Å². The molecular formula is C95H158O16P2. The van der Waals surface area contributed by atoms with E-state index in [9.17, 15) is 43.5 Å². The van der Waals surface area contributed by atoms with Gasteiger partial charge in [-0.3, -0.25) is 32.5 Å². The van der Waals surface area contributed by atoms with Gasteiger partial charge in [-0.15, -0.1) is 0 Å². The number of ether oxygens (including phenoxy) is 3. The Morgan fingerprint density at radius 1 is 0.257 bits per heavy atom. The van der Waals surface area contributed by atoms with Crippen LogP contribution in [0, 0.1) is 0 Å². The van der Waals surface area contributed by atoms with Crippen LogP contribution in [0.5, 0.6) is 0 Å². The fourth-order valence-corrected chi connectivity index (χ4v) is 13.1. The van der Waals surface area contributed by atoms with E-state index in [1.54, 1.807) is 0 Å². The van der Waals surface area contributed by atoms with Crippen LogP contribution in [-0.2, 0) is 55.8 Å². The van der Waals surface area contributed by atoms with Crippen LogP contribution in [0.3, 0.4) is 0 Å². The van der Waals surface area contributed by atoms with Gasteiger partial charge in [0.25, 0.3) is 0 Å².